The molecule has 3 saturated carbocycles. The molecule has 0 heterocycles. The van der Waals surface area contributed by atoms with Crippen LogP contribution in [0.3, 0.4) is 0 Å². The van der Waals surface area contributed by atoms with Crippen molar-refractivity contribution in [3.05, 3.63) is 35.4 Å². The average molecular weight is 507 g/mol. The molecule has 0 spiro atoms. The molecule has 37 heavy (non-hydrogen) atoms. The molecule has 0 N–H and O–H groups in total. The van der Waals surface area contributed by atoms with Gasteiger partial charge in [-0.3, -0.25) is 9.69 Å². The zero-order valence-electron chi connectivity index (χ0n) is 23.3. The highest BCUT2D eigenvalue weighted by Gasteiger charge is 2.36. The van der Waals surface area contributed by atoms with Crippen LogP contribution in [0.1, 0.15) is 127 Å². The number of rotatable bonds is 11. The van der Waals surface area contributed by atoms with E-state index in [2.05, 4.69) is 23.1 Å². The molecule has 4 nitrogen and oxygen atoms in total. The van der Waals surface area contributed by atoms with Crippen molar-refractivity contribution in [2.24, 2.45) is 17.8 Å². The summed E-state index contributed by atoms with van der Waals surface area (Å²) in [6, 6.07) is 11.1. The van der Waals surface area contributed by atoms with Crippen molar-refractivity contribution in [1.82, 2.24) is 4.90 Å². The van der Waals surface area contributed by atoms with E-state index in [-0.39, 0.29) is 5.97 Å². The normalized spacial score (nSPS) is 25.6. The van der Waals surface area contributed by atoms with Crippen molar-refractivity contribution in [2.75, 3.05) is 19.7 Å². The molecule has 0 amide bonds. The summed E-state index contributed by atoms with van der Waals surface area (Å²) in [5.41, 5.74) is 2.07. The van der Waals surface area contributed by atoms with Gasteiger partial charge in [0.25, 0.3) is 0 Å². The van der Waals surface area contributed by atoms with Gasteiger partial charge in [-0.1, -0.05) is 76.3 Å². The standard InChI is InChI=1S/C33H50N2O2/c1-2-37-33(36)24-29-15-18-32(31(23-29)30-16-13-28(25-34)14-17-30)35(21-19-26-9-5-3-6-10-26)22-20-27-11-7-4-8-12-27/h13-14,16-17,26-27,29,31-32H,2-12,15,18-24H2,1H3/t29?,31-,32+/m0/s1. The van der Waals surface area contributed by atoms with E-state index in [4.69, 9.17) is 4.74 Å². The maximum Gasteiger partial charge on any atom is 0.306 e. The molecule has 3 aliphatic carbocycles. The first-order chi connectivity index (χ1) is 18.2. The Balaban J connectivity index is 1.50. The summed E-state index contributed by atoms with van der Waals surface area (Å²) in [4.78, 5) is 15.2. The number of carbonyl (C=O) groups excluding carboxylic acids is 1. The third-order valence-electron chi connectivity index (χ3n) is 9.72. The smallest absolute Gasteiger partial charge is 0.306 e. The van der Waals surface area contributed by atoms with Crippen molar-refractivity contribution in [1.29, 1.82) is 5.26 Å². The molecule has 4 rings (SSSR count). The Morgan fingerprint density at radius 3 is 2.00 bits per heavy atom. The molecule has 3 atom stereocenters. The zero-order chi connectivity index (χ0) is 25.9. The molecular weight excluding hydrogens is 456 g/mol. The molecule has 1 aromatic carbocycles. The molecule has 0 aromatic heterocycles. The van der Waals surface area contributed by atoms with Gasteiger partial charge < -0.3 is 4.74 Å². The van der Waals surface area contributed by atoms with Gasteiger partial charge in [-0.05, 0) is 93.5 Å². The van der Waals surface area contributed by atoms with E-state index in [1.54, 1.807) is 0 Å². The molecule has 1 unspecified atom stereocenters. The lowest BCUT2D eigenvalue weighted by molar-refractivity contribution is -0.144. The van der Waals surface area contributed by atoms with Crippen LogP contribution in [-0.2, 0) is 9.53 Å². The van der Waals surface area contributed by atoms with Crippen LogP contribution >= 0.6 is 0 Å². The molecule has 3 fully saturated rings. The predicted molar refractivity (Wildman–Crippen MR) is 150 cm³/mol. The lowest BCUT2D eigenvalue weighted by Crippen LogP contribution is -2.45. The SMILES string of the molecule is CCOC(=O)CC1CC[C@@H](N(CCC2CCCCC2)CCC2CCCCC2)[C@H](c2ccc(C#N)cc2)C1. The van der Waals surface area contributed by atoms with E-state index in [1.165, 1.54) is 95.7 Å². The highest BCUT2D eigenvalue weighted by Crippen LogP contribution is 2.41. The van der Waals surface area contributed by atoms with Crippen LogP contribution in [0.4, 0.5) is 0 Å². The third kappa shape index (κ3) is 8.57. The van der Waals surface area contributed by atoms with Crippen LogP contribution in [0.5, 0.6) is 0 Å². The van der Waals surface area contributed by atoms with Crippen molar-refractivity contribution >= 4 is 5.97 Å². The maximum absolute atomic E-state index is 12.3. The lowest BCUT2D eigenvalue weighted by atomic mass is 9.72. The number of carbonyl (C=O) groups is 1. The number of hydrogen-bond donors (Lipinski definition) is 0. The van der Waals surface area contributed by atoms with E-state index in [1.807, 2.05) is 19.1 Å². The molecule has 0 radical (unpaired) electrons. The van der Waals surface area contributed by atoms with E-state index in [0.29, 0.717) is 30.9 Å². The largest absolute Gasteiger partial charge is 0.466 e. The van der Waals surface area contributed by atoms with Gasteiger partial charge in [-0.15, -0.1) is 0 Å². The summed E-state index contributed by atoms with van der Waals surface area (Å²) in [5, 5.41) is 9.35. The molecule has 0 aliphatic heterocycles. The fourth-order valence-electron chi connectivity index (χ4n) is 7.57. The minimum atomic E-state index is -0.0454. The monoisotopic (exact) mass is 506 g/mol. The predicted octanol–water partition coefficient (Wildman–Crippen LogP) is 8.01. The summed E-state index contributed by atoms with van der Waals surface area (Å²) >= 11 is 0. The highest BCUT2D eigenvalue weighted by atomic mass is 16.5. The number of hydrogen-bond acceptors (Lipinski definition) is 4. The Morgan fingerprint density at radius 2 is 1.46 bits per heavy atom. The molecule has 0 bridgehead atoms. The fourth-order valence-corrected chi connectivity index (χ4v) is 7.57. The van der Waals surface area contributed by atoms with Gasteiger partial charge in [-0.2, -0.15) is 5.26 Å². The van der Waals surface area contributed by atoms with Crippen LogP contribution in [-0.4, -0.2) is 36.6 Å². The van der Waals surface area contributed by atoms with Crippen LogP contribution in [0.15, 0.2) is 24.3 Å². The van der Waals surface area contributed by atoms with Crippen LogP contribution < -0.4 is 0 Å². The first kappa shape index (κ1) is 28.2. The number of benzene rings is 1. The van der Waals surface area contributed by atoms with Gasteiger partial charge in [0, 0.05) is 12.5 Å². The maximum atomic E-state index is 12.3. The summed E-state index contributed by atoms with van der Waals surface area (Å²) in [6.07, 6.45) is 20.7. The summed E-state index contributed by atoms with van der Waals surface area (Å²) in [5.74, 6) is 2.56. The fraction of sp³-hybridized carbons (Fsp3) is 0.758. The Hall–Kier alpha value is -1.86. The minimum absolute atomic E-state index is 0.0454. The summed E-state index contributed by atoms with van der Waals surface area (Å²) in [6.45, 7) is 4.79. The molecular formula is C33H50N2O2. The van der Waals surface area contributed by atoms with E-state index >= 15 is 0 Å². The second-order valence-corrected chi connectivity index (χ2v) is 12.2. The average Bonchev–Trinajstić information content (AvgIpc) is 2.94. The van der Waals surface area contributed by atoms with Gasteiger partial charge in [0.1, 0.15) is 0 Å². The van der Waals surface area contributed by atoms with Gasteiger partial charge in [0.05, 0.1) is 18.2 Å². The Kier molecular flexibility index (Phi) is 11.3. The second-order valence-electron chi connectivity index (χ2n) is 12.2. The van der Waals surface area contributed by atoms with Gasteiger partial charge in [0.15, 0.2) is 0 Å². The Bertz CT molecular complexity index is 826. The van der Waals surface area contributed by atoms with Gasteiger partial charge in [0.2, 0.25) is 0 Å². The van der Waals surface area contributed by atoms with Crippen LogP contribution in [0, 0.1) is 29.1 Å². The third-order valence-corrected chi connectivity index (χ3v) is 9.72. The van der Waals surface area contributed by atoms with Crippen molar-refractivity contribution < 1.29 is 9.53 Å². The molecule has 1 aromatic rings. The zero-order valence-corrected chi connectivity index (χ0v) is 23.3. The molecule has 0 saturated heterocycles. The van der Waals surface area contributed by atoms with Crippen molar-refractivity contribution in [3.63, 3.8) is 0 Å². The summed E-state index contributed by atoms with van der Waals surface area (Å²) < 4.78 is 5.32. The van der Waals surface area contributed by atoms with Crippen LogP contribution in [0.25, 0.3) is 0 Å². The van der Waals surface area contributed by atoms with Crippen molar-refractivity contribution in [2.45, 2.75) is 122 Å². The lowest BCUT2D eigenvalue weighted by Gasteiger charge is -2.44. The van der Waals surface area contributed by atoms with Gasteiger partial charge in [-0.25, -0.2) is 0 Å². The Morgan fingerprint density at radius 1 is 0.865 bits per heavy atom. The Labute approximate surface area is 226 Å². The van der Waals surface area contributed by atoms with E-state index in [0.717, 1.165) is 36.7 Å². The summed E-state index contributed by atoms with van der Waals surface area (Å²) in [7, 11) is 0. The number of esters is 1. The minimum Gasteiger partial charge on any atom is -0.466 e. The number of nitriles is 1. The topological polar surface area (TPSA) is 53.3 Å². The van der Waals surface area contributed by atoms with Gasteiger partial charge >= 0.3 is 5.97 Å². The second kappa shape index (κ2) is 14.9. The molecule has 3 aliphatic rings. The van der Waals surface area contributed by atoms with Crippen LogP contribution in [0.2, 0.25) is 0 Å². The van der Waals surface area contributed by atoms with E-state index < -0.39 is 0 Å². The molecule has 204 valence electrons. The quantitative estimate of drug-likeness (QED) is 0.285. The van der Waals surface area contributed by atoms with E-state index in [9.17, 15) is 10.1 Å². The first-order valence-electron chi connectivity index (χ1n) is 15.6. The first-order valence-corrected chi connectivity index (χ1v) is 15.6. The van der Waals surface area contributed by atoms with Crippen molar-refractivity contribution in [3.8, 4) is 6.07 Å². The number of ether oxygens (including phenoxy) is 1. The number of nitrogens with zero attached hydrogens (tertiary/aromatic N) is 2. The highest BCUT2D eigenvalue weighted by molar-refractivity contribution is 5.69. The molecule has 4 heteroatoms.